The number of amides is 3. The molecule has 71 heavy (non-hydrogen) atoms. The smallest absolute Gasteiger partial charge is 0.378 e. The van der Waals surface area contributed by atoms with Gasteiger partial charge in [-0.1, -0.05) is 29.4 Å². The number of methoxy groups -OCH3 is 2. The molecule has 0 saturated carbocycles. The van der Waals surface area contributed by atoms with Gasteiger partial charge in [0.05, 0.1) is 19.2 Å². The maximum Gasteiger partial charge on any atom is 0.378 e. The lowest BCUT2D eigenvalue weighted by Crippen LogP contribution is -2.71. The summed E-state index contributed by atoms with van der Waals surface area (Å²) < 4.78 is 36.4. The molecule has 22 heteroatoms. The lowest BCUT2D eigenvalue weighted by atomic mass is 10.0. The zero-order valence-corrected chi connectivity index (χ0v) is 42.0. The average Bonchev–Trinajstić information content (AvgIpc) is 3.99. The number of hydrogen-bond donors (Lipinski definition) is 2. The van der Waals surface area contributed by atoms with E-state index in [1.165, 1.54) is 41.8 Å². The van der Waals surface area contributed by atoms with Crippen molar-refractivity contribution in [3.63, 3.8) is 0 Å². The van der Waals surface area contributed by atoms with Crippen LogP contribution in [0.25, 0.3) is 0 Å². The Morgan fingerprint density at radius 2 is 1.56 bits per heavy atom. The van der Waals surface area contributed by atoms with Gasteiger partial charge in [0.2, 0.25) is 11.9 Å². The van der Waals surface area contributed by atoms with E-state index in [-0.39, 0.29) is 55.1 Å². The summed E-state index contributed by atoms with van der Waals surface area (Å²) in [5, 5.41) is 11.2. The zero-order chi connectivity index (χ0) is 51.0. The van der Waals surface area contributed by atoms with Crippen LogP contribution in [0.5, 0.6) is 23.0 Å². The molecule has 0 aliphatic carbocycles. The van der Waals surface area contributed by atoms with Gasteiger partial charge in [-0.2, -0.15) is 0 Å². The number of benzene rings is 3. The Bertz CT molecular complexity index is 2840. The van der Waals surface area contributed by atoms with Crippen molar-refractivity contribution in [3.8, 4) is 23.0 Å². The van der Waals surface area contributed by atoms with Gasteiger partial charge in [0.1, 0.15) is 72.1 Å². The number of β-lactam (4-membered cyclic amide) rings is 1. The molecule has 2 aliphatic rings. The molecule has 5 aromatic rings. The molecular weight excluding hydrogens is 954 g/mol. The molecule has 0 bridgehead atoms. The van der Waals surface area contributed by atoms with E-state index >= 15 is 0 Å². The number of rotatable bonds is 20. The van der Waals surface area contributed by atoms with Gasteiger partial charge in [-0.3, -0.25) is 19.3 Å². The fraction of sp³-hybridized carbons (Fsp3) is 0.347. The third-order valence-corrected chi connectivity index (χ3v) is 12.9. The second kappa shape index (κ2) is 22.2. The number of esters is 1. The van der Waals surface area contributed by atoms with Crippen molar-refractivity contribution in [3.05, 3.63) is 124 Å². The number of nitrogens with one attached hydrogen (secondary N) is 2. The number of aromatic nitrogens is 3. The molecule has 3 amide bonds. The lowest BCUT2D eigenvalue weighted by molar-refractivity contribution is -0.688. The van der Waals surface area contributed by atoms with Gasteiger partial charge in [-0.15, -0.1) is 23.1 Å². The molecule has 2 radical (unpaired) electrons. The Morgan fingerprint density at radius 3 is 2.15 bits per heavy atom. The first-order valence-electron chi connectivity index (χ1n) is 22.2. The van der Waals surface area contributed by atoms with Gasteiger partial charge >= 0.3 is 20.0 Å². The number of imidazole rings is 1. The average molecular weight is 1010 g/mol. The van der Waals surface area contributed by atoms with Crippen molar-refractivity contribution in [2.75, 3.05) is 25.3 Å². The monoisotopic (exact) mass is 1010 g/mol. The van der Waals surface area contributed by atoms with Crippen LogP contribution >= 0.6 is 23.1 Å². The summed E-state index contributed by atoms with van der Waals surface area (Å²) >= 11 is 2.58. The Balaban J connectivity index is 1.00. The van der Waals surface area contributed by atoms with Gasteiger partial charge < -0.3 is 43.8 Å². The number of anilines is 1. The van der Waals surface area contributed by atoms with Gasteiger partial charge in [0.25, 0.3) is 17.7 Å². The van der Waals surface area contributed by atoms with Crippen molar-refractivity contribution < 1.29 is 61.7 Å². The highest BCUT2D eigenvalue weighted by Gasteiger charge is 2.55. The van der Waals surface area contributed by atoms with E-state index in [4.69, 9.17) is 36.6 Å². The van der Waals surface area contributed by atoms with E-state index in [2.05, 4.69) is 25.4 Å². The predicted octanol–water partition coefficient (Wildman–Crippen LogP) is 5.18. The number of ether oxygens (including phenoxy) is 5. The molecular formula is C49H53BN7O12S2+. The van der Waals surface area contributed by atoms with E-state index < -0.39 is 46.4 Å². The van der Waals surface area contributed by atoms with Gasteiger partial charge in [-0.25, -0.2) is 23.7 Å². The number of fused-ring (bicyclic) bond motifs is 1. The highest BCUT2D eigenvalue weighted by atomic mass is 32.2. The molecule has 1 saturated heterocycles. The van der Waals surface area contributed by atoms with E-state index in [1.807, 2.05) is 48.5 Å². The van der Waals surface area contributed by atoms with Gasteiger partial charge in [-0.05, 0) is 89.1 Å². The summed E-state index contributed by atoms with van der Waals surface area (Å²) in [6.07, 6.45) is 5.10. The highest BCUT2D eigenvalue weighted by Crippen LogP contribution is 2.41. The quantitative estimate of drug-likeness (QED) is 0.0257. The molecule has 7 rings (SSSR count). The first-order chi connectivity index (χ1) is 33.8. The first kappa shape index (κ1) is 51.5. The largest absolute Gasteiger partial charge is 0.539 e. The number of oxime groups is 1. The topological polar surface area (TPSA) is 211 Å². The van der Waals surface area contributed by atoms with Crippen LogP contribution in [0.2, 0.25) is 0 Å². The van der Waals surface area contributed by atoms with Crippen LogP contribution in [0.3, 0.4) is 0 Å². The van der Waals surface area contributed by atoms with Crippen molar-refractivity contribution in [2.45, 2.75) is 90.5 Å². The van der Waals surface area contributed by atoms with Crippen LogP contribution in [-0.2, 0) is 64.5 Å². The number of carbonyl (C=O) groups excluding carboxylic acids is 5. The van der Waals surface area contributed by atoms with Crippen molar-refractivity contribution >= 4 is 72.2 Å². The summed E-state index contributed by atoms with van der Waals surface area (Å²) in [6.45, 7) is 10.3. The van der Waals surface area contributed by atoms with Gasteiger partial charge in [0.15, 0.2) is 23.8 Å². The van der Waals surface area contributed by atoms with Crippen LogP contribution in [0.4, 0.5) is 5.69 Å². The molecule has 3 aromatic carbocycles. The molecule has 0 unspecified atom stereocenters. The Morgan fingerprint density at radius 1 is 0.915 bits per heavy atom. The number of aryl methyl sites for hydroxylation is 1. The zero-order valence-electron chi connectivity index (χ0n) is 40.4. The van der Waals surface area contributed by atoms with E-state index in [9.17, 15) is 24.0 Å². The van der Waals surface area contributed by atoms with Crippen molar-refractivity contribution in [1.82, 2.24) is 19.8 Å². The summed E-state index contributed by atoms with van der Waals surface area (Å²) in [6, 6.07) is 19.1. The van der Waals surface area contributed by atoms with Crippen LogP contribution in [0.1, 0.15) is 56.4 Å². The van der Waals surface area contributed by atoms with Crippen LogP contribution in [-0.4, -0.2) is 100 Å². The molecule has 370 valence electrons. The molecule has 0 spiro atoms. The van der Waals surface area contributed by atoms with Crippen LogP contribution < -0.4 is 34.1 Å². The molecule has 19 nitrogen and oxygen atoms in total. The maximum atomic E-state index is 13.8. The number of carbonyl (C=O) groups is 5. The summed E-state index contributed by atoms with van der Waals surface area (Å²) in [4.78, 5) is 78.3. The second-order valence-corrected chi connectivity index (χ2v) is 19.9. The minimum atomic E-state index is -1.58. The Kier molecular flexibility index (Phi) is 16.1. The fourth-order valence-corrected chi connectivity index (χ4v) is 9.06. The van der Waals surface area contributed by atoms with Crippen LogP contribution in [0, 0.1) is 6.92 Å². The Labute approximate surface area is 419 Å². The SMILES string of the molecule is [B]OC(=O)C1=C(C[n+]2ccn(CC(=O)Nc3ccc(OCc4ccc(OC)cc4)c(OCc4ccc(OC)cc4)c3)c2)CS[C@@H]2[C@H](NC(=O)/C(=N/OC(C)(C)C(=O)OC(C)(C)C)c3csc(C)n3)C(=O)N12. The highest BCUT2D eigenvalue weighted by molar-refractivity contribution is 8.00. The normalized spacial score (nSPS) is 15.7. The summed E-state index contributed by atoms with van der Waals surface area (Å²) in [5.74, 6) is -0.763. The number of thiazole rings is 1. The standard InChI is InChI=1S/C49H52BN7O12S2/c1-29-51-36(27-70-29)40(54-69-49(5,6)47(62)67-48(2,3)4)43(59)53-41-44(60)57-42(46(61)68-50)32(26-71-45(41)57)22-55-19-20-56(28-55)23-39(58)52-33-13-18-37(65-24-30-9-14-34(63-7)15-10-30)38(21-33)66-25-31-11-16-35(64-8)17-12-31/h9-21,27-28,41,45H,22-26H2,1-8H3,(H-,52,53,58,59)/p+1/b54-40+/t41-,45-/m1/s1. The fourth-order valence-electron chi connectivity index (χ4n) is 7.13. The van der Waals surface area contributed by atoms with Gasteiger partial charge in [0, 0.05) is 28.5 Å². The summed E-state index contributed by atoms with van der Waals surface area (Å²) in [5.41, 5.74) is 0.267. The van der Waals surface area contributed by atoms with E-state index in [0.29, 0.717) is 27.8 Å². The molecule has 2 N–H and O–H groups in total. The molecule has 1 fully saturated rings. The van der Waals surface area contributed by atoms with Crippen molar-refractivity contribution in [1.29, 1.82) is 0 Å². The predicted molar refractivity (Wildman–Crippen MR) is 263 cm³/mol. The third-order valence-electron chi connectivity index (χ3n) is 10.7. The lowest BCUT2D eigenvalue weighted by Gasteiger charge is -2.49. The van der Waals surface area contributed by atoms with Crippen molar-refractivity contribution in [2.24, 2.45) is 5.16 Å². The number of hydrogen-bond acceptors (Lipinski definition) is 16. The minimum absolute atomic E-state index is 0.0577. The number of nitrogens with zero attached hydrogens (tertiary/aromatic N) is 5. The van der Waals surface area contributed by atoms with E-state index in [1.54, 1.807) is 93.3 Å². The minimum Gasteiger partial charge on any atom is -0.539 e. The molecule has 2 aromatic heterocycles. The molecule has 2 atom stereocenters. The second-order valence-electron chi connectivity index (χ2n) is 17.8. The Hall–Kier alpha value is -7.33. The van der Waals surface area contributed by atoms with Crippen LogP contribution in [0.15, 0.2) is 107 Å². The maximum absolute atomic E-state index is 13.8. The van der Waals surface area contributed by atoms with E-state index in [0.717, 1.165) is 22.6 Å². The molecule has 4 heterocycles. The first-order valence-corrected chi connectivity index (χ1v) is 24.1. The summed E-state index contributed by atoms with van der Waals surface area (Å²) in [7, 11) is 8.58. The number of thioether (sulfide) groups is 1. The molecule has 2 aliphatic heterocycles. The third kappa shape index (κ3) is 12.9.